The Balaban J connectivity index is 2.10. The Morgan fingerprint density at radius 1 is 1.38 bits per heavy atom. The molecule has 0 radical (unpaired) electrons. The van der Waals surface area contributed by atoms with Crippen molar-refractivity contribution in [1.29, 1.82) is 0 Å². The molecule has 0 atom stereocenters. The summed E-state index contributed by atoms with van der Waals surface area (Å²) in [6.45, 7) is 0.733. The van der Waals surface area contributed by atoms with E-state index in [0.717, 1.165) is 31.4 Å². The van der Waals surface area contributed by atoms with Crippen LogP contribution < -0.4 is 0 Å². The van der Waals surface area contributed by atoms with Gasteiger partial charge < -0.3 is 4.74 Å². The first-order chi connectivity index (χ1) is 7.80. The molecular weight excluding hydrogens is 202 g/mol. The Morgan fingerprint density at radius 2 is 2.06 bits per heavy atom. The lowest BCUT2D eigenvalue weighted by atomic mass is 10.0. The molecule has 3 heteroatoms. The largest absolute Gasteiger partial charge is 0.384 e. The van der Waals surface area contributed by atoms with Gasteiger partial charge in [0.1, 0.15) is 0 Å². The summed E-state index contributed by atoms with van der Waals surface area (Å²) in [6, 6.07) is 8.27. The van der Waals surface area contributed by atoms with Crippen molar-refractivity contribution < 1.29 is 9.53 Å². The number of carbonyl (C=O) groups excluding carboxylic acids is 1. The van der Waals surface area contributed by atoms with Gasteiger partial charge in [-0.25, -0.2) is 4.79 Å². The van der Waals surface area contributed by atoms with Crippen molar-refractivity contribution in [3.05, 3.63) is 35.4 Å². The van der Waals surface area contributed by atoms with Crippen LogP contribution in [-0.4, -0.2) is 19.8 Å². The number of isocyanates is 1. The Bertz CT molecular complexity index is 400. The second kappa shape index (κ2) is 4.60. The fourth-order valence-electron chi connectivity index (χ4n) is 1.87. The summed E-state index contributed by atoms with van der Waals surface area (Å²) in [5.74, 6) is 0. The fraction of sp³-hybridized carbons (Fsp3) is 0.462. The van der Waals surface area contributed by atoms with Gasteiger partial charge in [0.05, 0.1) is 12.1 Å². The zero-order valence-electron chi connectivity index (χ0n) is 9.40. The Kier molecular flexibility index (Phi) is 3.18. The molecule has 2 rings (SSSR count). The van der Waals surface area contributed by atoms with E-state index in [1.165, 1.54) is 5.56 Å². The molecule has 0 saturated heterocycles. The average molecular weight is 217 g/mol. The Morgan fingerprint density at radius 3 is 2.56 bits per heavy atom. The maximum Gasteiger partial charge on any atom is 0.235 e. The number of methoxy groups -OCH3 is 1. The van der Waals surface area contributed by atoms with E-state index < -0.39 is 0 Å². The molecule has 0 spiro atoms. The summed E-state index contributed by atoms with van der Waals surface area (Å²) in [7, 11) is 1.70. The molecule has 3 nitrogen and oxygen atoms in total. The van der Waals surface area contributed by atoms with Crippen molar-refractivity contribution in [3.8, 4) is 0 Å². The quantitative estimate of drug-likeness (QED) is 0.560. The molecule has 1 aromatic carbocycles. The topological polar surface area (TPSA) is 38.7 Å². The van der Waals surface area contributed by atoms with Crippen LogP contribution in [0.4, 0.5) is 0 Å². The van der Waals surface area contributed by atoms with Crippen molar-refractivity contribution >= 4 is 6.08 Å². The van der Waals surface area contributed by atoms with Crippen LogP contribution in [0.3, 0.4) is 0 Å². The van der Waals surface area contributed by atoms with E-state index in [1.54, 1.807) is 13.2 Å². The first kappa shape index (κ1) is 11.1. The number of rotatable bonds is 5. The van der Waals surface area contributed by atoms with Crippen LogP contribution in [0, 0.1) is 0 Å². The summed E-state index contributed by atoms with van der Waals surface area (Å²) in [6.07, 6.45) is 4.51. The van der Waals surface area contributed by atoms with Crippen molar-refractivity contribution in [2.75, 3.05) is 13.7 Å². The van der Waals surface area contributed by atoms with E-state index in [2.05, 4.69) is 29.3 Å². The van der Waals surface area contributed by atoms with Gasteiger partial charge in [-0.15, -0.1) is 0 Å². The number of hydrogen-bond acceptors (Lipinski definition) is 3. The van der Waals surface area contributed by atoms with Crippen LogP contribution in [0.5, 0.6) is 0 Å². The molecular formula is C13H15NO2. The molecule has 1 aliphatic rings. The molecule has 1 aliphatic carbocycles. The molecule has 0 aliphatic heterocycles. The van der Waals surface area contributed by atoms with Crippen LogP contribution in [0.2, 0.25) is 0 Å². The summed E-state index contributed by atoms with van der Waals surface area (Å²) < 4.78 is 5.02. The Labute approximate surface area is 95.2 Å². The molecule has 0 N–H and O–H groups in total. The molecule has 1 aromatic rings. The van der Waals surface area contributed by atoms with E-state index in [0.29, 0.717) is 0 Å². The molecule has 0 aromatic heterocycles. The average Bonchev–Trinajstić information content (AvgIpc) is 3.09. The summed E-state index contributed by atoms with van der Waals surface area (Å²) >= 11 is 0. The number of hydrogen-bond donors (Lipinski definition) is 0. The van der Waals surface area contributed by atoms with Crippen LogP contribution in [0.15, 0.2) is 29.3 Å². The van der Waals surface area contributed by atoms with Gasteiger partial charge in [-0.1, -0.05) is 24.3 Å². The first-order valence-corrected chi connectivity index (χ1v) is 5.48. The van der Waals surface area contributed by atoms with E-state index in [4.69, 9.17) is 4.74 Å². The maximum atomic E-state index is 10.3. The predicted octanol–water partition coefficient (Wildman–Crippen LogP) is 2.20. The second-order valence-corrected chi connectivity index (χ2v) is 4.17. The molecule has 0 bridgehead atoms. The van der Waals surface area contributed by atoms with Gasteiger partial charge in [0.15, 0.2) is 0 Å². The molecule has 84 valence electrons. The third-order valence-electron chi connectivity index (χ3n) is 3.07. The van der Waals surface area contributed by atoms with E-state index in [9.17, 15) is 4.79 Å². The number of aliphatic imine (C=N–C) groups is 1. The number of nitrogens with zero attached hydrogens (tertiary/aromatic N) is 1. The van der Waals surface area contributed by atoms with Gasteiger partial charge in [-0.2, -0.15) is 4.99 Å². The zero-order valence-corrected chi connectivity index (χ0v) is 9.40. The minimum absolute atomic E-state index is 0.248. The summed E-state index contributed by atoms with van der Waals surface area (Å²) in [4.78, 5) is 14.2. The summed E-state index contributed by atoms with van der Waals surface area (Å²) in [5.41, 5.74) is 2.12. The molecule has 1 fully saturated rings. The SMILES string of the molecule is COCCc1ccc(C2(N=C=O)CC2)cc1. The predicted molar refractivity (Wildman–Crippen MR) is 61.1 cm³/mol. The molecule has 0 unspecified atom stereocenters. The molecule has 0 heterocycles. The number of benzene rings is 1. The minimum Gasteiger partial charge on any atom is -0.384 e. The van der Waals surface area contributed by atoms with Crippen LogP contribution in [0.1, 0.15) is 24.0 Å². The van der Waals surface area contributed by atoms with Crippen molar-refractivity contribution in [2.24, 2.45) is 4.99 Å². The fourth-order valence-corrected chi connectivity index (χ4v) is 1.87. The van der Waals surface area contributed by atoms with Gasteiger partial charge >= 0.3 is 0 Å². The lowest BCUT2D eigenvalue weighted by Crippen LogP contribution is -2.02. The highest BCUT2D eigenvalue weighted by Gasteiger charge is 2.44. The second-order valence-electron chi connectivity index (χ2n) is 4.17. The Hall–Kier alpha value is -1.44. The van der Waals surface area contributed by atoms with Crippen LogP contribution >= 0.6 is 0 Å². The van der Waals surface area contributed by atoms with Crippen LogP contribution in [0.25, 0.3) is 0 Å². The monoisotopic (exact) mass is 217 g/mol. The number of ether oxygens (including phenoxy) is 1. The van der Waals surface area contributed by atoms with Gasteiger partial charge in [0, 0.05) is 7.11 Å². The smallest absolute Gasteiger partial charge is 0.235 e. The zero-order chi connectivity index (χ0) is 11.4. The minimum atomic E-state index is -0.248. The van der Waals surface area contributed by atoms with Crippen molar-refractivity contribution in [2.45, 2.75) is 24.8 Å². The lowest BCUT2D eigenvalue weighted by molar-refractivity contribution is 0.202. The normalized spacial score (nSPS) is 16.6. The highest BCUT2D eigenvalue weighted by Crippen LogP contribution is 2.49. The molecule has 0 amide bonds. The van der Waals surface area contributed by atoms with Crippen molar-refractivity contribution in [3.63, 3.8) is 0 Å². The van der Waals surface area contributed by atoms with Gasteiger partial charge in [-0.3, -0.25) is 0 Å². The third kappa shape index (κ3) is 2.21. The van der Waals surface area contributed by atoms with Gasteiger partial charge in [0.2, 0.25) is 6.08 Å². The highest BCUT2D eigenvalue weighted by molar-refractivity contribution is 5.41. The maximum absolute atomic E-state index is 10.3. The lowest BCUT2D eigenvalue weighted by Gasteiger charge is -2.08. The third-order valence-corrected chi connectivity index (χ3v) is 3.07. The molecule has 16 heavy (non-hydrogen) atoms. The van der Waals surface area contributed by atoms with Gasteiger partial charge in [0.25, 0.3) is 0 Å². The van der Waals surface area contributed by atoms with Crippen LogP contribution in [-0.2, 0) is 21.5 Å². The van der Waals surface area contributed by atoms with E-state index >= 15 is 0 Å². The van der Waals surface area contributed by atoms with Gasteiger partial charge in [-0.05, 0) is 30.4 Å². The van der Waals surface area contributed by atoms with E-state index in [-0.39, 0.29) is 5.54 Å². The highest BCUT2D eigenvalue weighted by atomic mass is 16.5. The molecule has 1 saturated carbocycles. The van der Waals surface area contributed by atoms with Crippen molar-refractivity contribution in [1.82, 2.24) is 0 Å². The first-order valence-electron chi connectivity index (χ1n) is 5.48. The van der Waals surface area contributed by atoms with E-state index in [1.807, 2.05) is 0 Å². The summed E-state index contributed by atoms with van der Waals surface area (Å²) in [5, 5.41) is 0. The standard InChI is InChI=1S/C13H15NO2/c1-16-9-6-11-2-4-12(5-3-11)13(7-8-13)14-10-15/h2-5H,6-9H2,1H3.